The van der Waals surface area contributed by atoms with Crippen LogP contribution >= 0.6 is 11.3 Å². The second-order valence-corrected chi connectivity index (χ2v) is 8.22. The minimum atomic E-state index is 0.107. The number of aromatic amines is 1. The molecule has 4 aromatic rings. The number of amides is 1. The number of likely N-dealkylation sites (N-methyl/N-ethyl adjacent to an activating group) is 1. The van der Waals surface area contributed by atoms with Gasteiger partial charge in [0.2, 0.25) is 0 Å². The van der Waals surface area contributed by atoms with E-state index < -0.39 is 0 Å². The van der Waals surface area contributed by atoms with Crippen LogP contribution in [-0.2, 0) is 0 Å². The van der Waals surface area contributed by atoms with Crippen LogP contribution in [0.5, 0.6) is 0 Å². The van der Waals surface area contributed by atoms with Crippen molar-refractivity contribution in [2.45, 2.75) is 0 Å². The number of nitrogens with zero attached hydrogens (tertiary/aromatic N) is 3. The summed E-state index contributed by atoms with van der Waals surface area (Å²) in [6.45, 7) is 3.39. The molecular formula is C21H21N5OS. The van der Waals surface area contributed by atoms with Gasteiger partial charge in [-0.05, 0) is 43.4 Å². The first-order valence-electron chi connectivity index (χ1n) is 9.38. The van der Waals surface area contributed by atoms with E-state index in [4.69, 9.17) is 0 Å². The number of anilines is 2. The van der Waals surface area contributed by atoms with Gasteiger partial charge in [0.15, 0.2) is 0 Å². The Balaban J connectivity index is 1.44. The Hall–Kier alpha value is -2.90. The molecule has 1 fully saturated rings. The highest BCUT2D eigenvalue weighted by Crippen LogP contribution is 2.32. The quantitative estimate of drug-likeness (QED) is 0.556. The minimum Gasteiger partial charge on any atom is -0.361 e. The van der Waals surface area contributed by atoms with E-state index in [1.807, 2.05) is 29.3 Å². The van der Waals surface area contributed by atoms with Crippen molar-refractivity contribution in [1.82, 2.24) is 19.8 Å². The zero-order chi connectivity index (χ0) is 19.1. The van der Waals surface area contributed by atoms with E-state index >= 15 is 0 Å². The van der Waals surface area contributed by atoms with Gasteiger partial charge in [0.05, 0.1) is 10.6 Å². The fourth-order valence-corrected chi connectivity index (χ4v) is 4.60. The molecule has 1 aliphatic rings. The predicted octanol–water partition coefficient (Wildman–Crippen LogP) is 3.91. The largest absolute Gasteiger partial charge is 0.361 e. The molecule has 0 atom stereocenters. The zero-order valence-electron chi connectivity index (χ0n) is 15.6. The van der Waals surface area contributed by atoms with E-state index in [0.29, 0.717) is 0 Å². The van der Waals surface area contributed by atoms with Crippen LogP contribution in [0, 0.1) is 0 Å². The lowest BCUT2D eigenvalue weighted by atomic mass is 10.2. The average molecular weight is 392 g/mol. The van der Waals surface area contributed by atoms with Crippen molar-refractivity contribution in [3.8, 4) is 0 Å². The summed E-state index contributed by atoms with van der Waals surface area (Å²) in [7, 11) is 2.09. The van der Waals surface area contributed by atoms with E-state index in [0.717, 1.165) is 63.6 Å². The van der Waals surface area contributed by atoms with E-state index in [1.54, 1.807) is 6.20 Å². The summed E-state index contributed by atoms with van der Waals surface area (Å²) in [5, 5.41) is 5.63. The highest BCUT2D eigenvalue weighted by molar-refractivity contribution is 7.20. The fourth-order valence-electron chi connectivity index (χ4n) is 3.61. The van der Waals surface area contributed by atoms with Crippen LogP contribution in [0.3, 0.4) is 0 Å². The molecule has 0 aliphatic carbocycles. The van der Waals surface area contributed by atoms with Crippen molar-refractivity contribution in [2.24, 2.45) is 0 Å². The molecule has 0 saturated carbocycles. The normalized spacial score (nSPS) is 15.4. The van der Waals surface area contributed by atoms with Gasteiger partial charge in [-0.1, -0.05) is 0 Å². The summed E-state index contributed by atoms with van der Waals surface area (Å²) in [6, 6.07) is 12.2. The number of carbonyl (C=O) groups excluding carboxylic acids is 1. The second-order valence-electron chi connectivity index (χ2n) is 7.19. The highest BCUT2D eigenvalue weighted by atomic mass is 32.1. The molecule has 0 spiro atoms. The van der Waals surface area contributed by atoms with Crippen LogP contribution in [0.2, 0.25) is 0 Å². The topological polar surface area (TPSA) is 64.3 Å². The Bertz CT molecular complexity index is 1160. The smallest absolute Gasteiger partial charge is 0.264 e. The molecule has 3 aromatic heterocycles. The van der Waals surface area contributed by atoms with Gasteiger partial charge in [-0.3, -0.25) is 4.79 Å². The molecule has 1 aliphatic heterocycles. The molecule has 0 unspecified atom stereocenters. The van der Waals surface area contributed by atoms with Crippen LogP contribution in [0.15, 0.2) is 48.8 Å². The first-order chi connectivity index (χ1) is 13.7. The molecule has 0 bridgehead atoms. The number of piperazine rings is 1. The molecule has 1 saturated heterocycles. The van der Waals surface area contributed by atoms with Crippen LogP contribution in [-0.4, -0.2) is 58.9 Å². The molecule has 7 heteroatoms. The van der Waals surface area contributed by atoms with Crippen molar-refractivity contribution in [3.05, 3.63) is 53.7 Å². The molecule has 142 valence electrons. The Labute approximate surface area is 166 Å². The number of thiophene rings is 1. The van der Waals surface area contributed by atoms with Crippen LogP contribution in [0.1, 0.15) is 9.67 Å². The van der Waals surface area contributed by atoms with E-state index in [1.165, 1.54) is 11.3 Å². The lowest BCUT2D eigenvalue weighted by molar-refractivity contribution is 0.0669. The molecule has 6 nitrogen and oxygen atoms in total. The number of hydrogen-bond acceptors (Lipinski definition) is 5. The first-order valence-corrected chi connectivity index (χ1v) is 10.2. The summed E-state index contributed by atoms with van der Waals surface area (Å²) >= 11 is 1.47. The maximum absolute atomic E-state index is 12.9. The van der Waals surface area contributed by atoms with Crippen molar-refractivity contribution in [2.75, 3.05) is 38.5 Å². The Morgan fingerprint density at radius 3 is 2.86 bits per heavy atom. The standard InChI is InChI=1S/C21H21N5OS/c1-25-8-10-26(11-9-25)21(27)19-13-16-18(5-7-23-20(16)28-19)24-15-2-3-17-14(12-15)4-6-22-17/h2-7,12-13,22H,8-11H2,1H3,(H,23,24). The van der Waals surface area contributed by atoms with Gasteiger partial charge in [-0.2, -0.15) is 0 Å². The molecule has 28 heavy (non-hydrogen) atoms. The lowest BCUT2D eigenvalue weighted by Crippen LogP contribution is -2.46. The molecule has 1 amide bonds. The van der Waals surface area contributed by atoms with Crippen LogP contribution < -0.4 is 5.32 Å². The van der Waals surface area contributed by atoms with Crippen LogP contribution in [0.25, 0.3) is 21.1 Å². The Kier molecular flexibility index (Phi) is 4.26. The monoisotopic (exact) mass is 391 g/mol. The van der Waals surface area contributed by atoms with Gasteiger partial charge in [0, 0.05) is 60.5 Å². The van der Waals surface area contributed by atoms with Gasteiger partial charge >= 0.3 is 0 Å². The van der Waals surface area contributed by atoms with E-state index in [9.17, 15) is 4.79 Å². The molecule has 0 radical (unpaired) electrons. The fraction of sp³-hybridized carbons (Fsp3) is 0.238. The van der Waals surface area contributed by atoms with Crippen molar-refractivity contribution in [3.63, 3.8) is 0 Å². The summed E-state index contributed by atoms with van der Waals surface area (Å²) < 4.78 is 0. The van der Waals surface area contributed by atoms with Crippen LogP contribution in [0.4, 0.5) is 11.4 Å². The number of hydrogen-bond donors (Lipinski definition) is 2. The van der Waals surface area contributed by atoms with Crippen molar-refractivity contribution < 1.29 is 4.79 Å². The number of rotatable bonds is 3. The minimum absolute atomic E-state index is 0.107. The number of aromatic nitrogens is 2. The molecular weight excluding hydrogens is 370 g/mol. The van der Waals surface area contributed by atoms with Gasteiger partial charge < -0.3 is 20.1 Å². The number of benzene rings is 1. The first kappa shape index (κ1) is 17.2. The van der Waals surface area contributed by atoms with Gasteiger partial charge in [-0.15, -0.1) is 11.3 Å². The van der Waals surface area contributed by atoms with Crippen molar-refractivity contribution >= 4 is 49.7 Å². The molecule has 5 rings (SSSR count). The molecule has 1 aromatic carbocycles. The van der Waals surface area contributed by atoms with Gasteiger partial charge in [0.1, 0.15) is 4.83 Å². The number of nitrogens with one attached hydrogen (secondary N) is 2. The zero-order valence-corrected chi connectivity index (χ0v) is 16.4. The number of H-pyrrole nitrogens is 1. The molecule has 2 N–H and O–H groups in total. The molecule has 4 heterocycles. The maximum Gasteiger partial charge on any atom is 0.264 e. The third-order valence-corrected chi connectivity index (χ3v) is 6.30. The summed E-state index contributed by atoms with van der Waals surface area (Å²) in [5.74, 6) is 0.107. The third kappa shape index (κ3) is 3.12. The SMILES string of the molecule is CN1CCN(C(=O)c2cc3c(Nc4ccc5[nH]ccc5c4)ccnc3s2)CC1. The Morgan fingerprint density at radius 1 is 1.14 bits per heavy atom. The number of pyridine rings is 1. The predicted molar refractivity (Wildman–Crippen MR) is 115 cm³/mol. The van der Waals surface area contributed by atoms with Gasteiger partial charge in [0.25, 0.3) is 5.91 Å². The second kappa shape index (κ2) is 6.92. The summed E-state index contributed by atoms with van der Waals surface area (Å²) in [4.78, 5) is 26.4. The van der Waals surface area contributed by atoms with Crippen molar-refractivity contribution in [1.29, 1.82) is 0 Å². The summed E-state index contributed by atoms with van der Waals surface area (Å²) in [6.07, 6.45) is 3.73. The van der Waals surface area contributed by atoms with E-state index in [-0.39, 0.29) is 5.91 Å². The summed E-state index contributed by atoms with van der Waals surface area (Å²) in [5.41, 5.74) is 3.09. The third-order valence-electron chi connectivity index (χ3n) is 5.27. The lowest BCUT2D eigenvalue weighted by Gasteiger charge is -2.32. The van der Waals surface area contributed by atoms with Gasteiger partial charge in [-0.25, -0.2) is 4.98 Å². The highest BCUT2D eigenvalue weighted by Gasteiger charge is 2.22. The maximum atomic E-state index is 12.9. The van der Waals surface area contributed by atoms with E-state index in [2.05, 4.69) is 45.4 Å². The number of fused-ring (bicyclic) bond motifs is 2. The average Bonchev–Trinajstić information content (AvgIpc) is 3.35. The number of carbonyl (C=O) groups is 1. The Morgan fingerprint density at radius 2 is 2.00 bits per heavy atom.